The number of benzene rings is 1. The molecule has 0 saturated heterocycles. The minimum atomic E-state index is -1.33. The zero-order valence-electron chi connectivity index (χ0n) is 9.60. The molecule has 92 valence electrons. The van der Waals surface area contributed by atoms with Crippen LogP contribution in [0, 0.1) is 13.8 Å². The van der Waals surface area contributed by atoms with E-state index in [9.17, 15) is 0 Å². The second-order valence-corrected chi connectivity index (χ2v) is 6.67. The van der Waals surface area contributed by atoms with Crippen LogP contribution in [0.4, 0.5) is 0 Å². The van der Waals surface area contributed by atoms with E-state index in [0.717, 1.165) is 11.3 Å². The molecule has 2 rings (SSSR count). The van der Waals surface area contributed by atoms with Gasteiger partial charge in [-0.25, -0.2) is 0 Å². The van der Waals surface area contributed by atoms with Crippen LogP contribution in [0.5, 0.6) is 0 Å². The van der Waals surface area contributed by atoms with Crippen molar-refractivity contribution < 1.29 is 0 Å². The van der Waals surface area contributed by atoms with E-state index in [0.29, 0.717) is 6.42 Å². The highest BCUT2D eigenvalue weighted by Crippen LogP contribution is 2.34. The summed E-state index contributed by atoms with van der Waals surface area (Å²) in [5.74, 6) is 0. The van der Waals surface area contributed by atoms with Crippen molar-refractivity contribution in [2.75, 3.05) is 0 Å². The fourth-order valence-corrected chi connectivity index (χ4v) is 2.31. The van der Waals surface area contributed by atoms with E-state index in [1.54, 1.807) is 0 Å². The maximum Gasteiger partial charge on any atom is 0.212 e. The summed E-state index contributed by atoms with van der Waals surface area (Å²) in [7, 11) is 0. The number of alkyl halides is 3. The molecule has 0 saturated carbocycles. The van der Waals surface area contributed by atoms with Crippen molar-refractivity contribution in [1.82, 2.24) is 5.43 Å². The molecule has 1 aromatic carbocycles. The zero-order chi connectivity index (χ0) is 12.6. The Kier molecular flexibility index (Phi) is 3.58. The normalized spacial score (nSPS) is 20.1. The van der Waals surface area contributed by atoms with Gasteiger partial charge in [0.2, 0.25) is 3.79 Å². The smallest absolute Gasteiger partial charge is 0.212 e. The molecule has 0 aromatic heterocycles. The van der Waals surface area contributed by atoms with Crippen LogP contribution in [0.25, 0.3) is 0 Å². The number of halogens is 3. The van der Waals surface area contributed by atoms with Crippen LogP contribution in [0.1, 0.15) is 23.1 Å². The van der Waals surface area contributed by atoms with Crippen molar-refractivity contribution in [3.8, 4) is 0 Å². The van der Waals surface area contributed by atoms with Gasteiger partial charge in [0.15, 0.2) is 0 Å². The summed E-state index contributed by atoms with van der Waals surface area (Å²) in [4.78, 5) is 0. The Morgan fingerprint density at radius 3 is 2.53 bits per heavy atom. The van der Waals surface area contributed by atoms with Crippen molar-refractivity contribution in [2.24, 2.45) is 5.10 Å². The molecule has 1 unspecified atom stereocenters. The fraction of sp³-hybridized carbons (Fsp3) is 0.417. The summed E-state index contributed by atoms with van der Waals surface area (Å²) >= 11 is 17.6. The molecule has 1 heterocycles. The lowest BCUT2D eigenvalue weighted by Crippen LogP contribution is -2.33. The Morgan fingerprint density at radius 1 is 1.29 bits per heavy atom. The highest BCUT2D eigenvalue weighted by molar-refractivity contribution is 6.68. The molecule has 0 spiro atoms. The topological polar surface area (TPSA) is 24.4 Å². The third-order valence-electron chi connectivity index (χ3n) is 2.84. The van der Waals surface area contributed by atoms with Gasteiger partial charge < -0.3 is 5.43 Å². The summed E-state index contributed by atoms with van der Waals surface area (Å²) in [6.07, 6.45) is 0.625. The maximum absolute atomic E-state index is 5.85. The molecule has 0 bridgehead atoms. The number of hydrogen-bond acceptors (Lipinski definition) is 2. The van der Waals surface area contributed by atoms with Gasteiger partial charge in [0.05, 0.1) is 11.8 Å². The second-order valence-electron chi connectivity index (χ2n) is 4.30. The third-order valence-corrected chi connectivity index (χ3v) is 3.63. The Hall–Kier alpha value is -0.440. The highest BCUT2D eigenvalue weighted by Gasteiger charge is 2.36. The molecule has 0 radical (unpaired) electrons. The number of nitrogens with zero attached hydrogens (tertiary/aromatic N) is 1. The molecular formula is C12H13Cl3N2. The van der Waals surface area contributed by atoms with Crippen LogP contribution >= 0.6 is 34.8 Å². The van der Waals surface area contributed by atoms with Crippen molar-refractivity contribution in [2.45, 2.75) is 30.1 Å². The molecule has 1 N–H and O–H groups in total. The molecule has 1 aliphatic rings. The van der Waals surface area contributed by atoms with E-state index in [1.807, 2.05) is 0 Å². The average Bonchev–Trinajstić information content (AvgIpc) is 2.65. The highest BCUT2D eigenvalue weighted by atomic mass is 35.6. The standard InChI is InChI=1S/C12H13Cl3N2/c1-7-3-4-9(8(2)5-7)10-6-11(17-16-10)12(13,14)15/h3-5,11,17H,6H2,1-2H3. The van der Waals surface area contributed by atoms with E-state index in [2.05, 4.69) is 42.6 Å². The first-order chi connectivity index (χ1) is 7.88. The van der Waals surface area contributed by atoms with Crippen LogP contribution in [0.2, 0.25) is 0 Å². The summed E-state index contributed by atoms with van der Waals surface area (Å²) in [5.41, 5.74) is 7.36. The molecule has 1 aromatic rings. The molecule has 1 atom stereocenters. The quantitative estimate of drug-likeness (QED) is 0.783. The van der Waals surface area contributed by atoms with E-state index >= 15 is 0 Å². The predicted molar refractivity (Wildman–Crippen MR) is 74.3 cm³/mol. The van der Waals surface area contributed by atoms with Crippen LogP contribution in [-0.4, -0.2) is 15.5 Å². The second kappa shape index (κ2) is 4.68. The predicted octanol–water partition coefficient (Wildman–Crippen LogP) is 3.74. The molecule has 0 amide bonds. The minimum Gasteiger partial charge on any atom is -0.302 e. The lowest BCUT2D eigenvalue weighted by molar-refractivity contribution is 0.595. The molecular weight excluding hydrogens is 279 g/mol. The Balaban J connectivity index is 2.21. The number of nitrogens with one attached hydrogen (secondary N) is 1. The monoisotopic (exact) mass is 290 g/mol. The van der Waals surface area contributed by atoms with Gasteiger partial charge in [-0.1, -0.05) is 58.6 Å². The first-order valence-electron chi connectivity index (χ1n) is 5.34. The molecule has 2 nitrogen and oxygen atoms in total. The minimum absolute atomic E-state index is 0.261. The van der Waals surface area contributed by atoms with Crippen molar-refractivity contribution >= 4 is 40.5 Å². The first kappa shape index (κ1) is 13.0. The molecule has 1 aliphatic heterocycles. The Morgan fingerprint density at radius 2 is 2.00 bits per heavy atom. The lowest BCUT2D eigenvalue weighted by atomic mass is 9.98. The summed E-state index contributed by atoms with van der Waals surface area (Å²) in [6, 6.07) is 5.99. The maximum atomic E-state index is 5.85. The molecule has 17 heavy (non-hydrogen) atoms. The van der Waals surface area contributed by atoms with Gasteiger partial charge in [-0.3, -0.25) is 0 Å². The van der Waals surface area contributed by atoms with Gasteiger partial charge in [0, 0.05) is 12.0 Å². The van der Waals surface area contributed by atoms with E-state index in [-0.39, 0.29) is 6.04 Å². The number of aryl methyl sites for hydroxylation is 2. The van der Waals surface area contributed by atoms with E-state index in [1.165, 1.54) is 11.1 Å². The van der Waals surface area contributed by atoms with Gasteiger partial charge in [0.1, 0.15) is 0 Å². The van der Waals surface area contributed by atoms with Gasteiger partial charge in [-0.2, -0.15) is 5.10 Å². The molecule has 5 heteroatoms. The molecule has 0 aliphatic carbocycles. The van der Waals surface area contributed by atoms with Crippen molar-refractivity contribution in [3.05, 3.63) is 34.9 Å². The number of hydrazone groups is 1. The average molecular weight is 292 g/mol. The number of rotatable bonds is 1. The van der Waals surface area contributed by atoms with Crippen LogP contribution in [-0.2, 0) is 0 Å². The first-order valence-corrected chi connectivity index (χ1v) is 6.48. The zero-order valence-corrected chi connectivity index (χ0v) is 11.9. The summed E-state index contributed by atoms with van der Waals surface area (Å²) in [5, 5.41) is 4.26. The van der Waals surface area contributed by atoms with Gasteiger partial charge >= 0.3 is 0 Å². The lowest BCUT2D eigenvalue weighted by Gasteiger charge is -2.18. The number of hydrogen-bond donors (Lipinski definition) is 1. The van der Waals surface area contributed by atoms with Gasteiger partial charge in [-0.15, -0.1) is 0 Å². The Bertz CT molecular complexity index is 463. The van der Waals surface area contributed by atoms with Crippen molar-refractivity contribution in [3.63, 3.8) is 0 Å². The SMILES string of the molecule is Cc1ccc(C2=NNC(C(Cl)(Cl)Cl)C2)c(C)c1. The van der Waals surface area contributed by atoms with Crippen molar-refractivity contribution in [1.29, 1.82) is 0 Å². The summed E-state index contributed by atoms with van der Waals surface area (Å²) in [6.45, 7) is 4.13. The van der Waals surface area contributed by atoms with Crippen LogP contribution in [0.15, 0.2) is 23.3 Å². The third kappa shape index (κ3) is 2.87. The van der Waals surface area contributed by atoms with Crippen LogP contribution in [0.3, 0.4) is 0 Å². The van der Waals surface area contributed by atoms with Crippen LogP contribution < -0.4 is 5.43 Å². The fourth-order valence-electron chi connectivity index (χ4n) is 1.94. The van der Waals surface area contributed by atoms with Gasteiger partial charge in [-0.05, 0) is 19.4 Å². The van der Waals surface area contributed by atoms with Gasteiger partial charge in [0.25, 0.3) is 0 Å². The van der Waals surface area contributed by atoms with E-state index in [4.69, 9.17) is 34.8 Å². The Labute approximate surface area is 116 Å². The largest absolute Gasteiger partial charge is 0.302 e. The molecule has 0 fully saturated rings. The summed E-state index contributed by atoms with van der Waals surface area (Å²) < 4.78 is -1.33. The van der Waals surface area contributed by atoms with E-state index < -0.39 is 3.79 Å².